The van der Waals surface area contributed by atoms with Gasteiger partial charge in [0.05, 0.1) is 17.4 Å². The largest absolute Gasteiger partial charge is 0.437 e. The van der Waals surface area contributed by atoms with E-state index in [1.165, 1.54) is 0 Å². The molecule has 0 amide bonds. The predicted octanol–water partition coefficient (Wildman–Crippen LogP) is 6.10. The van der Waals surface area contributed by atoms with Crippen LogP contribution in [0.5, 0.6) is 11.6 Å². The standard InChI is InChI=1S/C33H34N6O2/c1-22-14-15-25-26(11-5-13-28(25)37-21-30(40)23-8-3-2-4-9-23)31(22)41-32-27(12-7-18-35-32)29-16-19-36-33(39-29)38-24-10-6-17-34-20-24/h2-5,7-9,11-16,18-19,24,30,34,37,40H,6,10,17,20-21H2,1H3,(H,36,38,39)/t24-,30?/m0/s1. The molecule has 0 saturated carbocycles. The van der Waals surface area contributed by atoms with Crippen LogP contribution in [0.1, 0.15) is 30.1 Å². The zero-order valence-corrected chi connectivity index (χ0v) is 23.0. The number of nitrogens with zero attached hydrogens (tertiary/aromatic N) is 3. The summed E-state index contributed by atoms with van der Waals surface area (Å²) in [6, 6.07) is 25.9. The number of benzene rings is 3. The number of hydrogen-bond acceptors (Lipinski definition) is 8. The second-order valence-electron chi connectivity index (χ2n) is 10.3. The summed E-state index contributed by atoms with van der Waals surface area (Å²) >= 11 is 0. The number of fused-ring (bicyclic) bond motifs is 1. The lowest BCUT2D eigenvalue weighted by Gasteiger charge is -2.23. The molecule has 208 valence electrons. The monoisotopic (exact) mass is 546 g/mol. The summed E-state index contributed by atoms with van der Waals surface area (Å²) in [5, 5.41) is 22.9. The summed E-state index contributed by atoms with van der Waals surface area (Å²) in [5.41, 5.74) is 4.32. The van der Waals surface area contributed by atoms with E-state index in [0.29, 0.717) is 24.4 Å². The number of rotatable bonds is 9. The normalized spacial score (nSPS) is 15.8. The number of aliphatic hydroxyl groups is 1. The van der Waals surface area contributed by atoms with Crippen molar-refractivity contribution in [2.24, 2.45) is 0 Å². The second-order valence-corrected chi connectivity index (χ2v) is 10.3. The lowest BCUT2D eigenvalue weighted by molar-refractivity contribution is 0.191. The van der Waals surface area contributed by atoms with E-state index in [4.69, 9.17) is 9.72 Å². The van der Waals surface area contributed by atoms with E-state index in [1.807, 2.05) is 79.7 Å². The van der Waals surface area contributed by atoms with Gasteiger partial charge in [-0.05, 0) is 61.7 Å². The van der Waals surface area contributed by atoms with Crippen molar-refractivity contribution in [2.45, 2.75) is 31.9 Å². The van der Waals surface area contributed by atoms with E-state index >= 15 is 0 Å². The van der Waals surface area contributed by atoms with Crippen LogP contribution in [-0.2, 0) is 0 Å². The molecule has 8 nitrogen and oxygen atoms in total. The summed E-state index contributed by atoms with van der Waals surface area (Å²) in [6.45, 7) is 4.37. The van der Waals surface area contributed by atoms with Gasteiger partial charge in [0.2, 0.25) is 11.8 Å². The van der Waals surface area contributed by atoms with Crippen LogP contribution >= 0.6 is 0 Å². The Morgan fingerprint density at radius 3 is 2.71 bits per heavy atom. The third-order valence-corrected chi connectivity index (χ3v) is 7.41. The lowest BCUT2D eigenvalue weighted by Crippen LogP contribution is -2.38. The number of hydrogen-bond donors (Lipinski definition) is 4. The van der Waals surface area contributed by atoms with Crippen molar-refractivity contribution in [3.8, 4) is 22.9 Å². The first-order valence-electron chi connectivity index (χ1n) is 14.1. The van der Waals surface area contributed by atoms with Crippen LogP contribution < -0.4 is 20.7 Å². The van der Waals surface area contributed by atoms with E-state index in [0.717, 1.165) is 70.5 Å². The summed E-state index contributed by atoms with van der Waals surface area (Å²) in [7, 11) is 0. The molecule has 1 unspecified atom stereocenters. The molecule has 0 radical (unpaired) electrons. The Hall–Kier alpha value is -4.53. The number of piperidine rings is 1. The minimum Gasteiger partial charge on any atom is -0.437 e. The molecule has 2 aromatic heterocycles. The number of aromatic nitrogens is 3. The third-order valence-electron chi connectivity index (χ3n) is 7.41. The highest BCUT2D eigenvalue weighted by atomic mass is 16.5. The molecule has 1 aliphatic rings. The van der Waals surface area contributed by atoms with Gasteiger partial charge in [-0.25, -0.2) is 15.0 Å². The van der Waals surface area contributed by atoms with Crippen molar-refractivity contribution in [1.82, 2.24) is 20.3 Å². The Labute approximate surface area is 239 Å². The van der Waals surface area contributed by atoms with Crippen LogP contribution in [0, 0.1) is 6.92 Å². The van der Waals surface area contributed by atoms with Gasteiger partial charge in [-0.3, -0.25) is 0 Å². The molecule has 41 heavy (non-hydrogen) atoms. The molecular weight excluding hydrogens is 512 g/mol. The molecule has 3 heterocycles. The molecule has 0 aliphatic carbocycles. The minimum atomic E-state index is -0.620. The minimum absolute atomic E-state index is 0.304. The number of nitrogens with one attached hydrogen (secondary N) is 3. The van der Waals surface area contributed by atoms with Crippen LogP contribution in [-0.4, -0.2) is 45.7 Å². The summed E-state index contributed by atoms with van der Waals surface area (Å²) < 4.78 is 6.57. The van der Waals surface area contributed by atoms with Gasteiger partial charge in [-0.15, -0.1) is 0 Å². The SMILES string of the molecule is Cc1ccc2c(NCC(O)c3ccccc3)cccc2c1Oc1ncccc1-c1ccnc(N[C@H]2CCCNC2)n1. The van der Waals surface area contributed by atoms with Gasteiger partial charge in [-0.1, -0.05) is 54.6 Å². The van der Waals surface area contributed by atoms with Crippen LogP contribution in [0.4, 0.5) is 11.6 Å². The van der Waals surface area contributed by atoms with Gasteiger partial charge in [0.15, 0.2) is 0 Å². The topological polar surface area (TPSA) is 104 Å². The molecule has 6 rings (SSSR count). The van der Waals surface area contributed by atoms with Crippen molar-refractivity contribution in [1.29, 1.82) is 0 Å². The van der Waals surface area contributed by atoms with Crippen LogP contribution in [0.2, 0.25) is 0 Å². The van der Waals surface area contributed by atoms with Crippen molar-refractivity contribution in [3.05, 3.63) is 102 Å². The van der Waals surface area contributed by atoms with Crippen molar-refractivity contribution >= 4 is 22.4 Å². The smallest absolute Gasteiger partial charge is 0.228 e. The maximum Gasteiger partial charge on any atom is 0.228 e. The fourth-order valence-corrected chi connectivity index (χ4v) is 5.23. The average molecular weight is 547 g/mol. The number of pyridine rings is 1. The van der Waals surface area contributed by atoms with E-state index < -0.39 is 6.10 Å². The number of anilines is 2. The van der Waals surface area contributed by atoms with Crippen LogP contribution in [0.3, 0.4) is 0 Å². The predicted molar refractivity (Wildman–Crippen MR) is 163 cm³/mol. The van der Waals surface area contributed by atoms with Gasteiger partial charge in [-0.2, -0.15) is 0 Å². The van der Waals surface area contributed by atoms with E-state index in [-0.39, 0.29) is 0 Å². The highest BCUT2D eigenvalue weighted by Crippen LogP contribution is 2.38. The molecule has 8 heteroatoms. The molecule has 3 aromatic carbocycles. The molecule has 2 atom stereocenters. The molecule has 4 N–H and O–H groups in total. The molecule has 5 aromatic rings. The Bertz CT molecular complexity index is 1620. The van der Waals surface area contributed by atoms with Gasteiger partial charge in [0, 0.05) is 48.0 Å². The quantitative estimate of drug-likeness (QED) is 0.176. The zero-order valence-electron chi connectivity index (χ0n) is 23.0. The van der Waals surface area contributed by atoms with E-state index in [2.05, 4.69) is 32.0 Å². The molecule has 0 spiro atoms. The maximum absolute atomic E-state index is 10.7. The van der Waals surface area contributed by atoms with Gasteiger partial charge in [0.25, 0.3) is 0 Å². The fourth-order valence-electron chi connectivity index (χ4n) is 5.23. The first kappa shape index (κ1) is 26.7. The van der Waals surface area contributed by atoms with Gasteiger partial charge in [0.1, 0.15) is 5.75 Å². The maximum atomic E-state index is 10.7. The van der Waals surface area contributed by atoms with E-state index in [1.54, 1.807) is 12.4 Å². The first-order chi connectivity index (χ1) is 20.2. The Morgan fingerprint density at radius 2 is 1.85 bits per heavy atom. The lowest BCUT2D eigenvalue weighted by atomic mass is 10.0. The van der Waals surface area contributed by atoms with Gasteiger partial charge < -0.3 is 25.8 Å². The molecular formula is C33H34N6O2. The van der Waals surface area contributed by atoms with Crippen molar-refractivity contribution < 1.29 is 9.84 Å². The second kappa shape index (κ2) is 12.3. The Morgan fingerprint density at radius 1 is 0.951 bits per heavy atom. The highest BCUT2D eigenvalue weighted by molar-refractivity contribution is 5.98. The van der Waals surface area contributed by atoms with Gasteiger partial charge >= 0.3 is 0 Å². The van der Waals surface area contributed by atoms with Crippen molar-refractivity contribution in [2.75, 3.05) is 30.3 Å². The van der Waals surface area contributed by atoms with Crippen LogP contribution in [0.15, 0.2) is 91.3 Å². The summed E-state index contributed by atoms with van der Waals surface area (Å²) in [4.78, 5) is 13.8. The Kier molecular flexibility index (Phi) is 8.02. The molecule has 1 saturated heterocycles. The molecule has 0 bridgehead atoms. The fraction of sp³-hybridized carbons (Fsp3) is 0.242. The summed E-state index contributed by atoms with van der Waals surface area (Å²) in [5.74, 6) is 1.81. The van der Waals surface area contributed by atoms with E-state index in [9.17, 15) is 5.11 Å². The number of aryl methyl sites for hydroxylation is 1. The number of aliphatic hydroxyl groups excluding tert-OH is 1. The van der Waals surface area contributed by atoms with Crippen LogP contribution in [0.25, 0.3) is 22.0 Å². The highest BCUT2D eigenvalue weighted by Gasteiger charge is 2.18. The van der Waals surface area contributed by atoms with Crippen molar-refractivity contribution in [3.63, 3.8) is 0 Å². The zero-order chi connectivity index (χ0) is 28.0. The average Bonchev–Trinajstić information content (AvgIpc) is 3.02. The Balaban J connectivity index is 1.27. The summed E-state index contributed by atoms with van der Waals surface area (Å²) in [6.07, 6.45) is 5.09. The number of ether oxygens (including phenoxy) is 1. The molecule has 1 fully saturated rings. The third kappa shape index (κ3) is 6.14. The first-order valence-corrected chi connectivity index (χ1v) is 14.1. The molecule has 1 aliphatic heterocycles.